The molecule has 1 aromatic carbocycles. The zero-order valence-corrected chi connectivity index (χ0v) is 14.9. The molecule has 112 valence electrons. The van der Waals surface area contributed by atoms with Gasteiger partial charge in [-0.25, -0.2) is 4.98 Å². The van der Waals surface area contributed by atoms with Crippen molar-refractivity contribution in [1.29, 1.82) is 0 Å². The van der Waals surface area contributed by atoms with Crippen molar-refractivity contribution < 1.29 is 0 Å². The Labute approximate surface area is 146 Å². The van der Waals surface area contributed by atoms with Crippen LogP contribution in [0.3, 0.4) is 0 Å². The van der Waals surface area contributed by atoms with Crippen LogP contribution < -0.4 is 10.6 Å². The summed E-state index contributed by atoms with van der Waals surface area (Å²) in [6, 6.07) is 3.24. The second-order valence-corrected chi connectivity index (χ2v) is 6.26. The molecule has 0 amide bonds. The fraction of sp³-hybridized carbons (Fsp3) is 0.231. The summed E-state index contributed by atoms with van der Waals surface area (Å²) < 4.78 is 0.715. The molecule has 0 saturated carbocycles. The Morgan fingerprint density at radius 1 is 1.14 bits per heavy atom. The summed E-state index contributed by atoms with van der Waals surface area (Å²) in [6.07, 6.45) is 2.65. The van der Waals surface area contributed by atoms with Gasteiger partial charge in [0.2, 0.25) is 5.95 Å². The molecule has 0 radical (unpaired) electrons. The van der Waals surface area contributed by atoms with Gasteiger partial charge in [-0.15, -0.1) is 0 Å². The van der Waals surface area contributed by atoms with Crippen molar-refractivity contribution in [2.24, 2.45) is 0 Å². The first kappa shape index (κ1) is 16.6. The number of hydrogen-bond donors (Lipinski definition) is 2. The highest BCUT2D eigenvalue weighted by Crippen LogP contribution is 2.35. The second-order valence-electron chi connectivity index (χ2n) is 4.19. The van der Waals surface area contributed by atoms with E-state index in [2.05, 4.69) is 43.5 Å². The van der Waals surface area contributed by atoms with Gasteiger partial charge in [0.25, 0.3) is 0 Å². The van der Waals surface area contributed by atoms with Crippen molar-refractivity contribution in [2.75, 3.05) is 17.2 Å². The van der Waals surface area contributed by atoms with Crippen LogP contribution in [0.5, 0.6) is 0 Å². The molecule has 2 N–H and O–H groups in total. The van der Waals surface area contributed by atoms with Crippen molar-refractivity contribution in [3.05, 3.63) is 37.9 Å². The van der Waals surface area contributed by atoms with E-state index in [1.165, 1.54) is 0 Å². The third-order valence-electron chi connectivity index (χ3n) is 2.54. The Morgan fingerprint density at radius 3 is 2.57 bits per heavy atom. The molecule has 0 aliphatic heterocycles. The van der Waals surface area contributed by atoms with Crippen LogP contribution in [0.1, 0.15) is 13.3 Å². The number of aromatic nitrogens is 2. The zero-order chi connectivity index (χ0) is 15.4. The maximum absolute atomic E-state index is 6.15. The molecule has 1 heterocycles. The van der Waals surface area contributed by atoms with Gasteiger partial charge >= 0.3 is 0 Å². The van der Waals surface area contributed by atoms with Crippen LogP contribution in [0.4, 0.5) is 17.5 Å². The molecule has 0 unspecified atom stereocenters. The summed E-state index contributed by atoms with van der Waals surface area (Å²) in [5, 5.41) is 7.51. The molecule has 0 spiro atoms. The minimum atomic E-state index is 0.402. The lowest BCUT2D eigenvalue weighted by Gasteiger charge is -2.12. The first-order valence-electron chi connectivity index (χ1n) is 6.19. The molecule has 0 atom stereocenters. The van der Waals surface area contributed by atoms with Crippen LogP contribution in [0.15, 0.2) is 22.8 Å². The normalized spacial score (nSPS) is 10.5. The number of anilines is 3. The van der Waals surface area contributed by atoms with Gasteiger partial charge < -0.3 is 10.6 Å². The summed E-state index contributed by atoms with van der Waals surface area (Å²) in [5.74, 6) is 1.13. The molecule has 2 rings (SSSR count). The minimum Gasteiger partial charge on any atom is -0.354 e. The quantitative estimate of drug-likeness (QED) is 0.615. The number of rotatable bonds is 5. The van der Waals surface area contributed by atoms with Crippen molar-refractivity contribution in [3.8, 4) is 0 Å². The van der Waals surface area contributed by atoms with Crippen LogP contribution >= 0.6 is 50.7 Å². The smallest absolute Gasteiger partial charge is 0.224 e. The molecular weight excluding hydrogens is 398 g/mol. The Morgan fingerprint density at radius 2 is 1.86 bits per heavy atom. The van der Waals surface area contributed by atoms with E-state index in [0.717, 1.165) is 13.0 Å². The molecule has 0 bridgehead atoms. The average Bonchev–Trinajstić information content (AvgIpc) is 2.45. The second kappa shape index (κ2) is 7.49. The fourth-order valence-corrected chi connectivity index (χ4v) is 2.41. The van der Waals surface area contributed by atoms with Gasteiger partial charge in [0.15, 0.2) is 0 Å². The molecular formula is C13H12BrCl3N4. The van der Waals surface area contributed by atoms with Crippen LogP contribution in [-0.2, 0) is 0 Å². The molecule has 0 saturated heterocycles. The van der Waals surface area contributed by atoms with Crippen molar-refractivity contribution in [3.63, 3.8) is 0 Å². The van der Waals surface area contributed by atoms with Crippen molar-refractivity contribution in [1.82, 2.24) is 9.97 Å². The predicted octanol–water partition coefficient (Wildman–Crippen LogP) is 5.76. The van der Waals surface area contributed by atoms with E-state index in [1.807, 2.05) is 0 Å². The van der Waals surface area contributed by atoms with E-state index in [-0.39, 0.29) is 0 Å². The summed E-state index contributed by atoms with van der Waals surface area (Å²) in [5.41, 5.74) is 0.618. The van der Waals surface area contributed by atoms with Crippen molar-refractivity contribution in [2.45, 2.75) is 13.3 Å². The SMILES string of the molecule is CCCNc1ncc(Br)c(Nc2cc(Cl)c(Cl)cc2Cl)n1. The monoisotopic (exact) mass is 408 g/mol. The van der Waals surface area contributed by atoms with Gasteiger partial charge in [0, 0.05) is 12.7 Å². The summed E-state index contributed by atoms with van der Waals surface area (Å²) >= 11 is 21.5. The fourth-order valence-electron chi connectivity index (χ4n) is 1.52. The molecule has 0 aliphatic rings. The molecule has 4 nitrogen and oxygen atoms in total. The molecule has 2 aromatic rings. The topological polar surface area (TPSA) is 49.8 Å². The number of nitrogens with zero attached hydrogens (tertiary/aromatic N) is 2. The van der Waals surface area contributed by atoms with Gasteiger partial charge in [-0.2, -0.15) is 4.98 Å². The highest BCUT2D eigenvalue weighted by atomic mass is 79.9. The zero-order valence-electron chi connectivity index (χ0n) is 11.1. The van der Waals surface area contributed by atoms with E-state index in [1.54, 1.807) is 18.3 Å². The number of halogens is 4. The Balaban J connectivity index is 2.28. The Kier molecular flexibility index (Phi) is 5.93. The van der Waals surface area contributed by atoms with E-state index in [0.29, 0.717) is 37.0 Å². The van der Waals surface area contributed by atoms with Gasteiger partial charge in [-0.1, -0.05) is 41.7 Å². The highest BCUT2D eigenvalue weighted by molar-refractivity contribution is 9.10. The average molecular weight is 411 g/mol. The minimum absolute atomic E-state index is 0.402. The molecule has 0 fully saturated rings. The summed E-state index contributed by atoms with van der Waals surface area (Å²) in [6.45, 7) is 2.87. The molecule has 21 heavy (non-hydrogen) atoms. The van der Waals surface area contributed by atoms with E-state index >= 15 is 0 Å². The third kappa shape index (κ3) is 4.36. The molecule has 0 aliphatic carbocycles. The summed E-state index contributed by atoms with van der Waals surface area (Å²) in [4.78, 5) is 8.57. The maximum atomic E-state index is 6.15. The lowest BCUT2D eigenvalue weighted by molar-refractivity contribution is 0.952. The van der Waals surface area contributed by atoms with Gasteiger partial charge in [0.1, 0.15) is 5.82 Å². The van der Waals surface area contributed by atoms with E-state index in [9.17, 15) is 0 Å². The van der Waals surface area contributed by atoms with Crippen molar-refractivity contribution >= 4 is 68.2 Å². The van der Waals surface area contributed by atoms with E-state index < -0.39 is 0 Å². The standard InChI is InChI=1S/C13H12BrCl3N4/c1-2-3-18-13-19-6-7(14)12(21-13)20-11-5-9(16)8(15)4-10(11)17/h4-6H,2-3H2,1H3,(H2,18,19,20,21). The first-order chi connectivity index (χ1) is 10.0. The number of hydrogen-bond acceptors (Lipinski definition) is 4. The Bertz CT molecular complexity index is 652. The van der Waals surface area contributed by atoms with Crippen LogP contribution in [0.25, 0.3) is 0 Å². The molecule has 1 aromatic heterocycles. The first-order valence-corrected chi connectivity index (χ1v) is 8.12. The van der Waals surface area contributed by atoms with Crippen LogP contribution in [0, 0.1) is 0 Å². The van der Waals surface area contributed by atoms with E-state index in [4.69, 9.17) is 34.8 Å². The Hall–Kier alpha value is -0.750. The maximum Gasteiger partial charge on any atom is 0.224 e. The van der Waals surface area contributed by atoms with Crippen LogP contribution in [0.2, 0.25) is 15.1 Å². The largest absolute Gasteiger partial charge is 0.354 e. The van der Waals surface area contributed by atoms with Gasteiger partial charge in [-0.3, -0.25) is 0 Å². The highest BCUT2D eigenvalue weighted by Gasteiger charge is 2.10. The molecule has 8 heteroatoms. The van der Waals surface area contributed by atoms with Gasteiger partial charge in [-0.05, 0) is 34.5 Å². The van der Waals surface area contributed by atoms with Gasteiger partial charge in [0.05, 0.1) is 25.2 Å². The number of nitrogens with one attached hydrogen (secondary N) is 2. The lowest BCUT2D eigenvalue weighted by Crippen LogP contribution is -2.06. The summed E-state index contributed by atoms with van der Waals surface area (Å²) in [7, 11) is 0. The number of benzene rings is 1. The van der Waals surface area contributed by atoms with Crippen LogP contribution in [-0.4, -0.2) is 16.5 Å². The predicted molar refractivity (Wildman–Crippen MR) is 93.3 cm³/mol. The lowest BCUT2D eigenvalue weighted by atomic mass is 10.3. The third-order valence-corrected chi connectivity index (χ3v) is 4.16.